The van der Waals surface area contributed by atoms with E-state index in [1.807, 2.05) is 37.3 Å². The van der Waals surface area contributed by atoms with Crippen molar-refractivity contribution >= 4 is 14.9 Å². The van der Waals surface area contributed by atoms with Crippen LogP contribution in [0.1, 0.15) is 12.0 Å². The molecule has 1 rings (SSSR count). The number of hydrazine groups is 1. The smallest absolute Gasteiger partial charge is 0.374 e. The van der Waals surface area contributed by atoms with Crippen molar-refractivity contribution in [3.05, 3.63) is 41.1 Å². The van der Waals surface area contributed by atoms with Crippen LogP contribution in [0.3, 0.4) is 0 Å². The van der Waals surface area contributed by atoms with E-state index in [4.69, 9.17) is 13.3 Å². The molecule has 1 N–H and O–H groups in total. The first kappa shape index (κ1) is 18.0. The van der Waals surface area contributed by atoms with Crippen molar-refractivity contribution in [2.45, 2.75) is 6.42 Å². The maximum Gasteiger partial charge on any atom is 0.532 e. The van der Waals surface area contributed by atoms with Crippen molar-refractivity contribution < 1.29 is 13.3 Å². The third-order valence-electron chi connectivity index (χ3n) is 3.16. The van der Waals surface area contributed by atoms with E-state index in [1.54, 1.807) is 21.3 Å². The van der Waals surface area contributed by atoms with Crippen LogP contribution in [-0.4, -0.2) is 55.8 Å². The molecular formula is C15H26N2O3Si. The number of nitrogens with zero attached hydrogens (tertiary/aromatic N) is 1. The summed E-state index contributed by atoms with van der Waals surface area (Å²) in [6.07, 6.45) is 2.88. The van der Waals surface area contributed by atoms with E-state index in [0.29, 0.717) is 0 Å². The van der Waals surface area contributed by atoms with E-state index in [1.165, 1.54) is 0 Å². The monoisotopic (exact) mass is 310 g/mol. The molecule has 0 aliphatic carbocycles. The first-order valence-corrected chi connectivity index (χ1v) is 8.63. The summed E-state index contributed by atoms with van der Waals surface area (Å²) >= 11 is 0. The van der Waals surface area contributed by atoms with Gasteiger partial charge in [-0.15, -0.1) is 0 Å². The van der Waals surface area contributed by atoms with Gasteiger partial charge in [-0.1, -0.05) is 36.4 Å². The summed E-state index contributed by atoms with van der Waals surface area (Å²) in [4.78, 5) is 0. The Morgan fingerprint density at radius 2 is 1.67 bits per heavy atom. The molecule has 21 heavy (non-hydrogen) atoms. The Morgan fingerprint density at radius 3 is 2.14 bits per heavy atom. The zero-order chi connectivity index (χ0) is 15.7. The van der Waals surface area contributed by atoms with Gasteiger partial charge in [0.25, 0.3) is 0 Å². The summed E-state index contributed by atoms with van der Waals surface area (Å²) in [5.74, 6) is 0. The molecule has 0 aliphatic rings. The number of nitrogens with one attached hydrogen (secondary N) is 1. The molecule has 1 aromatic carbocycles. The maximum absolute atomic E-state index is 5.61. The van der Waals surface area contributed by atoms with Gasteiger partial charge in [-0.2, -0.15) is 0 Å². The summed E-state index contributed by atoms with van der Waals surface area (Å²) in [5, 5.41) is 2.98. The van der Waals surface area contributed by atoms with Crippen LogP contribution < -0.4 is 5.43 Å². The minimum Gasteiger partial charge on any atom is -0.374 e. The summed E-state index contributed by atoms with van der Waals surface area (Å²) in [5.41, 5.74) is 4.37. The fourth-order valence-electron chi connectivity index (χ4n) is 2.12. The van der Waals surface area contributed by atoms with Gasteiger partial charge < -0.3 is 13.3 Å². The van der Waals surface area contributed by atoms with Crippen LogP contribution in [0, 0.1) is 0 Å². The molecule has 0 amide bonds. The van der Waals surface area contributed by atoms with Gasteiger partial charge in [0.2, 0.25) is 0 Å². The first-order valence-electron chi connectivity index (χ1n) is 6.90. The fraction of sp³-hybridized carbons (Fsp3) is 0.467. The van der Waals surface area contributed by atoms with Crippen LogP contribution in [0.4, 0.5) is 0 Å². The van der Waals surface area contributed by atoms with Gasteiger partial charge in [0.05, 0.1) is 0 Å². The van der Waals surface area contributed by atoms with Gasteiger partial charge in [-0.25, -0.2) is 0 Å². The molecule has 0 spiro atoms. The Kier molecular flexibility index (Phi) is 7.80. The second-order valence-corrected chi connectivity index (χ2v) is 7.78. The van der Waals surface area contributed by atoms with Gasteiger partial charge in [-0.3, -0.25) is 10.4 Å². The summed E-state index contributed by atoms with van der Waals surface area (Å²) in [6, 6.07) is 10.1. The molecule has 0 aromatic heterocycles. The van der Waals surface area contributed by atoms with Crippen molar-refractivity contribution in [3.8, 4) is 0 Å². The largest absolute Gasteiger partial charge is 0.532 e. The lowest BCUT2D eigenvalue weighted by atomic mass is 10.2. The predicted molar refractivity (Wildman–Crippen MR) is 87.5 cm³/mol. The highest BCUT2D eigenvalue weighted by atomic mass is 28.4. The fourth-order valence-corrected chi connectivity index (χ4v) is 4.18. The van der Waals surface area contributed by atoms with Gasteiger partial charge in [0, 0.05) is 47.2 Å². The van der Waals surface area contributed by atoms with E-state index in [-0.39, 0.29) is 0 Å². The lowest BCUT2D eigenvalue weighted by molar-refractivity contribution is 0.133. The summed E-state index contributed by atoms with van der Waals surface area (Å²) in [6.45, 7) is 0.788. The van der Waals surface area contributed by atoms with Crippen LogP contribution >= 0.6 is 0 Å². The highest BCUT2D eigenvalue weighted by Gasteiger charge is 2.42. The molecule has 0 aliphatic heterocycles. The molecule has 0 radical (unpaired) electrons. The van der Waals surface area contributed by atoms with Crippen molar-refractivity contribution in [3.63, 3.8) is 0 Å². The van der Waals surface area contributed by atoms with Gasteiger partial charge >= 0.3 is 8.80 Å². The zero-order valence-electron chi connectivity index (χ0n) is 13.6. The molecule has 0 unspecified atom stereocenters. The zero-order valence-corrected chi connectivity index (χ0v) is 14.6. The highest BCUT2D eigenvalue weighted by Crippen LogP contribution is 2.23. The lowest BCUT2D eigenvalue weighted by Gasteiger charge is -2.27. The van der Waals surface area contributed by atoms with Crippen molar-refractivity contribution in [1.82, 2.24) is 10.4 Å². The van der Waals surface area contributed by atoms with Crippen molar-refractivity contribution in [2.24, 2.45) is 0 Å². The SMILES string of the molecule is CO[Si](OC)(OC)C(=Cc1ccccc1)CCNN(C)C. The minimum absolute atomic E-state index is 0.787. The Hall–Kier alpha value is -1.02. The first-order chi connectivity index (χ1) is 10.1. The number of hydrogen-bond donors (Lipinski definition) is 1. The molecule has 0 bridgehead atoms. The maximum atomic E-state index is 5.61. The van der Waals surface area contributed by atoms with Crippen LogP contribution in [-0.2, 0) is 13.3 Å². The van der Waals surface area contributed by atoms with Gasteiger partial charge in [0.1, 0.15) is 0 Å². The average molecular weight is 310 g/mol. The van der Waals surface area contributed by atoms with E-state index in [0.717, 1.165) is 23.7 Å². The Morgan fingerprint density at radius 1 is 1.10 bits per heavy atom. The molecule has 118 valence electrons. The molecule has 5 nitrogen and oxygen atoms in total. The molecule has 6 heteroatoms. The van der Waals surface area contributed by atoms with Crippen molar-refractivity contribution in [1.29, 1.82) is 0 Å². The molecule has 0 fully saturated rings. The number of benzene rings is 1. The quantitative estimate of drug-likeness (QED) is 0.558. The Labute approximate surface area is 128 Å². The van der Waals surface area contributed by atoms with E-state index < -0.39 is 8.80 Å². The van der Waals surface area contributed by atoms with E-state index >= 15 is 0 Å². The van der Waals surface area contributed by atoms with Crippen LogP contribution in [0.2, 0.25) is 0 Å². The normalized spacial score (nSPS) is 13.0. The Balaban J connectivity index is 3.01. The number of rotatable bonds is 9. The van der Waals surface area contributed by atoms with E-state index in [9.17, 15) is 0 Å². The molecule has 0 heterocycles. The topological polar surface area (TPSA) is 43.0 Å². The minimum atomic E-state index is -2.80. The standard InChI is InChI=1S/C15H26N2O3Si/c1-17(2)16-12-11-15(21(18-3,19-4)20-5)13-14-9-7-6-8-10-14/h6-10,13,16H,11-12H2,1-5H3. The highest BCUT2D eigenvalue weighted by molar-refractivity contribution is 6.69. The molecule has 1 aromatic rings. The predicted octanol–water partition coefficient (Wildman–Crippen LogP) is 1.94. The van der Waals surface area contributed by atoms with E-state index in [2.05, 4.69) is 23.6 Å². The Bertz CT molecular complexity index is 426. The third-order valence-corrected chi connectivity index (χ3v) is 5.96. The van der Waals surface area contributed by atoms with Crippen molar-refractivity contribution in [2.75, 3.05) is 42.0 Å². The lowest BCUT2D eigenvalue weighted by Crippen LogP contribution is -2.46. The second kappa shape index (κ2) is 9.09. The van der Waals surface area contributed by atoms with Gasteiger partial charge in [-0.05, 0) is 12.0 Å². The summed E-state index contributed by atoms with van der Waals surface area (Å²) < 4.78 is 16.8. The molecule has 0 saturated carbocycles. The molecular weight excluding hydrogens is 284 g/mol. The van der Waals surface area contributed by atoms with Crippen LogP contribution in [0.15, 0.2) is 35.5 Å². The third kappa shape index (κ3) is 5.35. The second-order valence-electron chi connectivity index (χ2n) is 4.80. The van der Waals surface area contributed by atoms with Crippen LogP contribution in [0.5, 0.6) is 0 Å². The summed E-state index contributed by atoms with van der Waals surface area (Å²) in [7, 11) is 6.04. The number of hydrogen-bond acceptors (Lipinski definition) is 5. The van der Waals surface area contributed by atoms with Crippen LogP contribution in [0.25, 0.3) is 6.08 Å². The van der Waals surface area contributed by atoms with Gasteiger partial charge in [0.15, 0.2) is 0 Å². The molecule has 0 saturated heterocycles. The molecule has 0 atom stereocenters. The average Bonchev–Trinajstić information content (AvgIpc) is 2.50.